The highest BCUT2D eigenvalue weighted by Crippen LogP contribution is 2.42. The highest BCUT2D eigenvalue weighted by atomic mass is 31.2. The Balaban J connectivity index is 4.40. The zero-order valence-electron chi connectivity index (χ0n) is 12.1. The van der Waals surface area contributed by atoms with Crippen LogP contribution in [0.3, 0.4) is 0 Å². The van der Waals surface area contributed by atoms with Gasteiger partial charge in [0.15, 0.2) is 6.10 Å². The molecular formula is C11H22NO8P. The van der Waals surface area contributed by atoms with Gasteiger partial charge in [0.25, 0.3) is 0 Å². The first-order valence-electron chi connectivity index (χ1n) is 6.45. The van der Waals surface area contributed by atoms with Gasteiger partial charge in [-0.3, -0.25) is 18.6 Å². The number of ether oxygens (including phenoxy) is 2. The summed E-state index contributed by atoms with van der Waals surface area (Å²) in [5, 5.41) is 0. The van der Waals surface area contributed by atoms with Crippen molar-refractivity contribution in [3.63, 3.8) is 0 Å². The summed E-state index contributed by atoms with van der Waals surface area (Å²) >= 11 is 0. The van der Waals surface area contributed by atoms with Gasteiger partial charge in [0.2, 0.25) is 0 Å². The standard InChI is InChI=1S/C11H22NO8P/c1-3-4-11(14)20-10(7-17-9(2)13)8-19-21(15,16)18-6-5-12/h10H,3-8,12H2,1-2H3,(H,15,16). The number of hydrogen-bond acceptors (Lipinski definition) is 8. The van der Waals surface area contributed by atoms with Crippen molar-refractivity contribution in [2.45, 2.75) is 32.8 Å². The van der Waals surface area contributed by atoms with Crippen molar-refractivity contribution in [1.29, 1.82) is 0 Å². The van der Waals surface area contributed by atoms with E-state index in [4.69, 9.17) is 15.2 Å². The van der Waals surface area contributed by atoms with Crippen molar-refractivity contribution < 1.29 is 37.6 Å². The predicted molar refractivity (Wildman–Crippen MR) is 72.2 cm³/mol. The van der Waals surface area contributed by atoms with Gasteiger partial charge in [-0.25, -0.2) is 4.57 Å². The number of rotatable bonds is 11. The van der Waals surface area contributed by atoms with Crippen LogP contribution in [0.25, 0.3) is 0 Å². The summed E-state index contributed by atoms with van der Waals surface area (Å²) < 4.78 is 30.3. The van der Waals surface area contributed by atoms with Crippen LogP contribution >= 0.6 is 7.82 Å². The molecule has 0 aromatic rings. The molecule has 2 atom stereocenters. The van der Waals surface area contributed by atoms with Crippen LogP contribution in [0.5, 0.6) is 0 Å². The van der Waals surface area contributed by atoms with Gasteiger partial charge < -0.3 is 20.1 Å². The van der Waals surface area contributed by atoms with E-state index in [0.717, 1.165) is 0 Å². The van der Waals surface area contributed by atoms with Gasteiger partial charge in [0, 0.05) is 19.9 Å². The van der Waals surface area contributed by atoms with E-state index in [1.807, 2.05) is 0 Å². The smallest absolute Gasteiger partial charge is 0.462 e. The second-order valence-electron chi connectivity index (χ2n) is 4.05. The average molecular weight is 327 g/mol. The van der Waals surface area contributed by atoms with Gasteiger partial charge >= 0.3 is 19.8 Å². The number of esters is 2. The minimum absolute atomic E-state index is 0.0519. The minimum Gasteiger partial charge on any atom is -0.462 e. The van der Waals surface area contributed by atoms with Gasteiger partial charge in [-0.15, -0.1) is 0 Å². The number of phosphoric ester groups is 1. The van der Waals surface area contributed by atoms with E-state index in [2.05, 4.69) is 9.05 Å². The van der Waals surface area contributed by atoms with Crippen LogP contribution in [0.4, 0.5) is 0 Å². The van der Waals surface area contributed by atoms with Crippen LogP contribution in [-0.4, -0.2) is 49.3 Å². The molecule has 0 aliphatic heterocycles. The maximum atomic E-state index is 11.4. The Kier molecular flexibility index (Phi) is 10.2. The molecular weight excluding hydrogens is 305 g/mol. The van der Waals surface area contributed by atoms with E-state index >= 15 is 0 Å². The summed E-state index contributed by atoms with van der Waals surface area (Å²) in [6.07, 6.45) is -0.232. The van der Waals surface area contributed by atoms with Gasteiger partial charge in [-0.1, -0.05) is 6.92 Å². The lowest BCUT2D eigenvalue weighted by atomic mass is 10.3. The summed E-state index contributed by atoms with van der Waals surface area (Å²) in [7, 11) is -4.28. The van der Waals surface area contributed by atoms with E-state index in [1.165, 1.54) is 6.92 Å². The molecule has 21 heavy (non-hydrogen) atoms. The Bertz CT molecular complexity index is 375. The molecule has 0 saturated carbocycles. The van der Waals surface area contributed by atoms with Crippen molar-refractivity contribution in [2.75, 3.05) is 26.4 Å². The van der Waals surface area contributed by atoms with Crippen LogP contribution in [0, 0.1) is 0 Å². The molecule has 2 unspecified atom stereocenters. The number of carbonyl (C=O) groups is 2. The minimum atomic E-state index is -4.28. The topological polar surface area (TPSA) is 134 Å². The van der Waals surface area contributed by atoms with Crippen molar-refractivity contribution in [1.82, 2.24) is 0 Å². The van der Waals surface area contributed by atoms with Crippen LogP contribution < -0.4 is 5.73 Å². The van der Waals surface area contributed by atoms with E-state index < -0.39 is 32.5 Å². The molecule has 0 amide bonds. The van der Waals surface area contributed by atoms with Crippen LogP contribution in [-0.2, 0) is 32.7 Å². The van der Waals surface area contributed by atoms with Crippen molar-refractivity contribution in [3.8, 4) is 0 Å². The molecule has 124 valence electrons. The zero-order chi connectivity index (χ0) is 16.3. The second-order valence-corrected chi connectivity index (χ2v) is 5.50. The molecule has 0 bridgehead atoms. The first kappa shape index (κ1) is 20.0. The monoisotopic (exact) mass is 327 g/mol. The molecule has 0 rings (SSSR count). The number of carbonyl (C=O) groups excluding carboxylic acids is 2. The number of phosphoric acid groups is 1. The summed E-state index contributed by atoms with van der Waals surface area (Å²) in [5.74, 6) is -1.09. The van der Waals surface area contributed by atoms with E-state index in [9.17, 15) is 19.0 Å². The second kappa shape index (κ2) is 10.7. The number of nitrogens with two attached hydrogens (primary N) is 1. The van der Waals surface area contributed by atoms with E-state index in [-0.39, 0.29) is 26.2 Å². The third-order valence-electron chi connectivity index (χ3n) is 2.02. The first-order valence-corrected chi connectivity index (χ1v) is 7.95. The zero-order valence-corrected chi connectivity index (χ0v) is 13.0. The molecule has 10 heteroatoms. The van der Waals surface area contributed by atoms with Gasteiger partial charge in [0.05, 0.1) is 13.2 Å². The van der Waals surface area contributed by atoms with Crippen molar-refractivity contribution >= 4 is 19.8 Å². The van der Waals surface area contributed by atoms with Gasteiger partial charge in [-0.05, 0) is 6.42 Å². The molecule has 0 heterocycles. The molecule has 3 N–H and O–H groups in total. The lowest BCUT2D eigenvalue weighted by Crippen LogP contribution is -2.29. The highest BCUT2D eigenvalue weighted by Gasteiger charge is 2.25. The SMILES string of the molecule is CCCC(=O)OC(COC(C)=O)COP(=O)(O)OCCN. The van der Waals surface area contributed by atoms with Crippen molar-refractivity contribution in [3.05, 3.63) is 0 Å². The van der Waals surface area contributed by atoms with E-state index in [1.54, 1.807) is 6.92 Å². The van der Waals surface area contributed by atoms with Gasteiger partial charge in [-0.2, -0.15) is 0 Å². The quantitative estimate of drug-likeness (QED) is 0.407. The Morgan fingerprint density at radius 1 is 1.29 bits per heavy atom. The van der Waals surface area contributed by atoms with Crippen LogP contribution in [0.1, 0.15) is 26.7 Å². The highest BCUT2D eigenvalue weighted by molar-refractivity contribution is 7.47. The predicted octanol–water partition coefficient (Wildman–Crippen LogP) is 0.354. The Morgan fingerprint density at radius 2 is 1.95 bits per heavy atom. The van der Waals surface area contributed by atoms with Crippen molar-refractivity contribution in [2.24, 2.45) is 5.73 Å². The third-order valence-corrected chi connectivity index (χ3v) is 3.00. The summed E-state index contributed by atoms with van der Waals surface area (Å²) in [6, 6.07) is 0. The summed E-state index contributed by atoms with van der Waals surface area (Å²) in [6.45, 7) is 2.16. The maximum absolute atomic E-state index is 11.4. The third kappa shape index (κ3) is 11.4. The van der Waals surface area contributed by atoms with Gasteiger partial charge in [0.1, 0.15) is 6.61 Å². The fourth-order valence-electron chi connectivity index (χ4n) is 1.16. The Morgan fingerprint density at radius 3 is 2.48 bits per heavy atom. The molecule has 0 aromatic heterocycles. The molecule has 0 aliphatic carbocycles. The molecule has 0 radical (unpaired) electrons. The van der Waals surface area contributed by atoms with Crippen LogP contribution in [0.15, 0.2) is 0 Å². The molecule has 0 aliphatic rings. The molecule has 0 saturated heterocycles. The summed E-state index contributed by atoms with van der Waals surface area (Å²) in [5.41, 5.74) is 5.13. The number of hydrogen-bond donors (Lipinski definition) is 2. The lowest BCUT2D eigenvalue weighted by molar-refractivity contribution is -0.160. The summed E-state index contributed by atoms with van der Waals surface area (Å²) in [4.78, 5) is 31.5. The normalized spacial score (nSPS) is 15.0. The Hall–Kier alpha value is -0.990. The maximum Gasteiger partial charge on any atom is 0.472 e. The average Bonchev–Trinajstić information content (AvgIpc) is 2.40. The fraction of sp³-hybridized carbons (Fsp3) is 0.818. The molecule has 0 aromatic carbocycles. The molecule has 0 spiro atoms. The Labute approximate surface area is 123 Å². The van der Waals surface area contributed by atoms with E-state index in [0.29, 0.717) is 6.42 Å². The first-order chi connectivity index (χ1) is 9.80. The lowest BCUT2D eigenvalue weighted by Gasteiger charge is -2.19. The molecule has 0 fully saturated rings. The van der Waals surface area contributed by atoms with Crippen LogP contribution in [0.2, 0.25) is 0 Å². The largest absolute Gasteiger partial charge is 0.472 e. The molecule has 9 nitrogen and oxygen atoms in total. The fourth-order valence-corrected chi connectivity index (χ4v) is 1.92.